The highest BCUT2D eigenvalue weighted by atomic mass is 19.4. The van der Waals surface area contributed by atoms with E-state index < -0.39 is 36.6 Å². The van der Waals surface area contributed by atoms with E-state index in [1.54, 1.807) is 0 Å². The Labute approximate surface area is 120 Å². The van der Waals surface area contributed by atoms with Crippen molar-refractivity contribution in [3.8, 4) is 0 Å². The lowest BCUT2D eigenvalue weighted by Gasteiger charge is -2.36. The van der Waals surface area contributed by atoms with E-state index in [2.05, 4.69) is 5.32 Å². The fraction of sp³-hybridized carbons (Fsp3) is 0.833. The van der Waals surface area contributed by atoms with Crippen molar-refractivity contribution in [3.63, 3.8) is 0 Å². The molecule has 1 amide bonds. The molecule has 0 bridgehead atoms. The van der Waals surface area contributed by atoms with Crippen molar-refractivity contribution in [1.29, 1.82) is 0 Å². The molecule has 1 rings (SSSR count). The van der Waals surface area contributed by atoms with Crippen LogP contribution in [0.3, 0.4) is 0 Å². The monoisotopic (exact) mass is 312 g/mol. The summed E-state index contributed by atoms with van der Waals surface area (Å²) in [6.07, 6.45) is -4.16. The van der Waals surface area contributed by atoms with E-state index in [0.29, 0.717) is 13.0 Å². The number of carboxylic acid groups (broad SMARTS) is 1. The van der Waals surface area contributed by atoms with Crippen molar-refractivity contribution >= 4 is 11.9 Å². The van der Waals surface area contributed by atoms with E-state index in [1.165, 1.54) is 4.90 Å². The van der Waals surface area contributed by atoms with Gasteiger partial charge in [-0.2, -0.15) is 13.2 Å². The maximum Gasteiger partial charge on any atom is 0.403 e. The van der Waals surface area contributed by atoms with Crippen LogP contribution in [0.25, 0.3) is 0 Å². The number of hydrogen-bond donors (Lipinski definition) is 2. The third-order valence-electron chi connectivity index (χ3n) is 3.20. The molecule has 2 unspecified atom stereocenters. The molecule has 0 radical (unpaired) electrons. The van der Waals surface area contributed by atoms with Crippen LogP contribution in [0.5, 0.6) is 0 Å². The molecule has 0 aromatic carbocycles. The van der Waals surface area contributed by atoms with Crippen LogP contribution in [0.4, 0.5) is 13.2 Å². The van der Waals surface area contributed by atoms with Crippen LogP contribution in [0.1, 0.15) is 13.3 Å². The Hall–Kier alpha value is -1.35. The van der Waals surface area contributed by atoms with Crippen LogP contribution in [-0.4, -0.2) is 66.9 Å². The Kier molecular flexibility index (Phi) is 6.41. The predicted molar refractivity (Wildman–Crippen MR) is 66.7 cm³/mol. The average Bonchev–Trinajstić information content (AvgIpc) is 2.40. The SMILES string of the molecule is CCCNC(=O)C1COCCN1CC(C(=O)O)C(F)(F)F. The topological polar surface area (TPSA) is 78.9 Å². The van der Waals surface area contributed by atoms with Gasteiger partial charge in [0.05, 0.1) is 13.2 Å². The fourth-order valence-electron chi connectivity index (χ4n) is 2.02. The number of rotatable bonds is 6. The Balaban J connectivity index is 2.76. The number of carboxylic acids is 1. The van der Waals surface area contributed by atoms with Gasteiger partial charge in [-0.3, -0.25) is 14.5 Å². The van der Waals surface area contributed by atoms with E-state index in [0.717, 1.165) is 0 Å². The number of morpholine rings is 1. The number of aliphatic carboxylic acids is 1. The smallest absolute Gasteiger partial charge is 0.403 e. The van der Waals surface area contributed by atoms with E-state index in [4.69, 9.17) is 9.84 Å². The summed E-state index contributed by atoms with van der Waals surface area (Å²) in [6.45, 7) is 1.71. The van der Waals surface area contributed by atoms with Crippen molar-refractivity contribution < 1.29 is 32.6 Å². The number of nitrogens with one attached hydrogen (secondary N) is 1. The summed E-state index contributed by atoms with van der Waals surface area (Å²) in [6, 6.07) is -0.894. The number of ether oxygens (including phenoxy) is 1. The second-order valence-corrected chi connectivity index (χ2v) is 4.81. The van der Waals surface area contributed by atoms with E-state index in [1.807, 2.05) is 6.92 Å². The summed E-state index contributed by atoms with van der Waals surface area (Å²) < 4.78 is 43.3. The molecule has 0 saturated carbocycles. The lowest BCUT2D eigenvalue weighted by molar-refractivity contribution is -0.200. The van der Waals surface area contributed by atoms with Crippen LogP contribution in [0.2, 0.25) is 0 Å². The lowest BCUT2D eigenvalue weighted by atomic mass is 10.1. The van der Waals surface area contributed by atoms with Gasteiger partial charge in [-0.1, -0.05) is 6.92 Å². The van der Waals surface area contributed by atoms with Crippen LogP contribution in [-0.2, 0) is 14.3 Å². The third-order valence-corrected chi connectivity index (χ3v) is 3.20. The van der Waals surface area contributed by atoms with Gasteiger partial charge in [0.2, 0.25) is 5.91 Å². The van der Waals surface area contributed by atoms with Crippen molar-refractivity contribution in [2.45, 2.75) is 25.6 Å². The number of nitrogens with zero attached hydrogens (tertiary/aromatic N) is 1. The molecule has 2 atom stereocenters. The van der Waals surface area contributed by atoms with E-state index in [9.17, 15) is 22.8 Å². The number of hydrogen-bond acceptors (Lipinski definition) is 4. The summed E-state index contributed by atoms with van der Waals surface area (Å²) in [5.41, 5.74) is 0. The number of halogens is 3. The molecule has 1 heterocycles. The first-order valence-electron chi connectivity index (χ1n) is 6.66. The molecular formula is C12H19F3N2O4. The normalized spacial score (nSPS) is 21.8. The van der Waals surface area contributed by atoms with Gasteiger partial charge in [-0.15, -0.1) is 0 Å². The fourth-order valence-corrected chi connectivity index (χ4v) is 2.02. The molecule has 1 aliphatic rings. The summed E-state index contributed by atoms with van der Waals surface area (Å²) in [7, 11) is 0. The molecule has 0 aromatic heterocycles. The minimum absolute atomic E-state index is 0.0419. The molecule has 9 heteroatoms. The molecule has 6 nitrogen and oxygen atoms in total. The number of alkyl halides is 3. The molecule has 2 N–H and O–H groups in total. The van der Waals surface area contributed by atoms with Crippen LogP contribution in [0, 0.1) is 5.92 Å². The number of carbonyl (C=O) groups is 2. The largest absolute Gasteiger partial charge is 0.481 e. The zero-order chi connectivity index (χ0) is 16.0. The standard InChI is InChI=1S/C12H19F3N2O4/c1-2-3-16-10(18)9-7-21-5-4-17(9)6-8(11(19)20)12(13,14)15/h8-9H,2-7H2,1H3,(H,16,18)(H,19,20). The van der Waals surface area contributed by atoms with E-state index in [-0.39, 0.29) is 19.8 Å². The van der Waals surface area contributed by atoms with Crippen LogP contribution < -0.4 is 5.32 Å². The Morgan fingerprint density at radius 3 is 2.67 bits per heavy atom. The van der Waals surface area contributed by atoms with Gasteiger partial charge in [0.25, 0.3) is 0 Å². The molecule has 1 aliphatic heterocycles. The molecular weight excluding hydrogens is 293 g/mol. The van der Waals surface area contributed by atoms with Gasteiger partial charge in [-0.25, -0.2) is 0 Å². The van der Waals surface area contributed by atoms with Gasteiger partial charge in [0.15, 0.2) is 5.92 Å². The summed E-state index contributed by atoms with van der Waals surface area (Å²) >= 11 is 0. The maximum atomic E-state index is 12.7. The van der Waals surface area contributed by atoms with Gasteiger partial charge in [0, 0.05) is 19.6 Å². The highest BCUT2D eigenvalue weighted by Gasteiger charge is 2.47. The van der Waals surface area contributed by atoms with Crippen molar-refractivity contribution in [1.82, 2.24) is 10.2 Å². The van der Waals surface area contributed by atoms with Gasteiger partial charge in [-0.05, 0) is 6.42 Å². The Morgan fingerprint density at radius 2 is 2.14 bits per heavy atom. The highest BCUT2D eigenvalue weighted by Crippen LogP contribution is 2.28. The van der Waals surface area contributed by atoms with Gasteiger partial charge >= 0.3 is 12.1 Å². The predicted octanol–water partition coefficient (Wildman–Crippen LogP) is 0.476. The van der Waals surface area contributed by atoms with Crippen molar-refractivity contribution in [2.75, 3.05) is 32.8 Å². The summed E-state index contributed by atoms with van der Waals surface area (Å²) in [5.74, 6) is -4.90. The summed E-state index contributed by atoms with van der Waals surface area (Å²) in [5, 5.41) is 11.3. The number of carbonyl (C=O) groups excluding carboxylic acids is 1. The Morgan fingerprint density at radius 1 is 1.48 bits per heavy atom. The molecule has 122 valence electrons. The second-order valence-electron chi connectivity index (χ2n) is 4.81. The first-order chi connectivity index (χ1) is 9.77. The molecule has 0 aromatic rings. The first-order valence-corrected chi connectivity index (χ1v) is 6.66. The summed E-state index contributed by atoms with van der Waals surface area (Å²) in [4.78, 5) is 23.9. The zero-order valence-corrected chi connectivity index (χ0v) is 11.7. The minimum Gasteiger partial charge on any atom is -0.481 e. The maximum absolute atomic E-state index is 12.7. The van der Waals surface area contributed by atoms with Gasteiger partial charge < -0.3 is 15.2 Å². The molecule has 21 heavy (non-hydrogen) atoms. The van der Waals surface area contributed by atoms with Gasteiger partial charge in [0.1, 0.15) is 6.04 Å². The first kappa shape index (κ1) is 17.7. The van der Waals surface area contributed by atoms with Crippen LogP contribution in [0.15, 0.2) is 0 Å². The van der Waals surface area contributed by atoms with Crippen LogP contribution >= 0.6 is 0 Å². The second kappa shape index (κ2) is 7.60. The van der Waals surface area contributed by atoms with Crippen molar-refractivity contribution in [3.05, 3.63) is 0 Å². The quantitative estimate of drug-likeness (QED) is 0.746. The molecule has 0 spiro atoms. The molecule has 1 saturated heterocycles. The third kappa shape index (κ3) is 5.16. The van der Waals surface area contributed by atoms with Crippen molar-refractivity contribution in [2.24, 2.45) is 5.92 Å². The van der Waals surface area contributed by atoms with E-state index >= 15 is 0 Å². The Bertz CT molecular complexity index is 376. The average molecular weight is 312 g/mol. The zero-order valence-electron chi connectivity index (χ0n) is 11.7. The molecule has 0 aliphatic carbocycles. The molecule has 1 fully saturated rings. The lowest BCUT2D eigenvalue weighted by Crippen LogP contribution is -2.56. The number of amides is 1. The highest BCUT2D eigenvalue weighted by molar-refractivity contribution is 5.82. The minimum atomic E-state index is -4.85.